The van der Waals surface area contributed by atoms with Gasteiger partial charge in [-0.25, -0.2) is 0 Å². The third-order valence-corrected chi connectivity index (χ3v) is 0. The summed E-state index contributed by atoms with van der Waals surface area (Å²) in [6.07, 6.45) is 4.36. The second kappa shape index (κ2) is 9.86. The SMILES string of the molecule is C#CCl.[LiH]. The Hall–Kier alpha value is 0.447. The van der Waals surface area contributed by atoms with E-state index in [1.165, 1.54) is 0 Å². The summed E-state index contributed by atoms with van der Waals surface area (Å²) in [6.45, 7) is 0. The number of halogens is 1. The molecule has 0 radical (unpaired) electrons. The van der Waals surface area contributed by atoms with Crippen molar-refractivity contribution in [1.29, 1.82) is 0 Å². The zero-order valence-electron chi connectivity index (χ0n) is 1.46. The van der Waals surface area contributed by atoms with E-state index in [4.69, 9.17) is 0 Å². The van der Waals surface area contributed by atoms with Gasteiger partial charge in [0.1, 0.15) is 0 Å². The van der Waals surface area contributed by atoms with Crippen molar-refractivity contribution in [2.75, 3.05) is 0 Å². The first-order chi connectivity index (χ1) is 1.41. The van der Waals surface area contributed by atoms with Crippen LogP contribution >= 0.6 is 11.6 Å². The minimum atomic E-state index is 0. The van der Waals surface area contributed by atoms with Crippen LogP contribution in [0.1, 0.15) is 0 Å². The van der Waals surface area contributed by atoms with Crippen LogP contribution in [0.5, 0.6) is 0 Å². The Morgan fingerprint density at radius 3 is 1.75 bits per heavy atom. The molecule has 2 heteroatoms. The number of hydrogen-bond donors (Lipinski definition) is 0. The minimum absolute atomic E-state index is 0. The van der Waals surface area contributed by atoms with Gasteiger partial charge in [0.15, 0.2) is 0 Å². The average molecular weight is 68.4 g/mol. The standard InChI is InChI=1S/C2HCl.Li.H/c1-2-3;;/h1H;;. The van der Waals surface area contributed by atoms with E-state index in [0.29, 0.717) is 0 Å². The molecule has 0 N–H and O–H groups in total. The van der Waals surface area contributed by atoms with Crippen molar-refractivity contribution >= 4 is 30.5 Å². The molecule has 0 saturated heterocycles. The molecule has 0 aliphatic heterocycles. The summed E-state index contributed by atoms with van der Waals surface area (Å²) in [7, 11) is 0. The Bertz CT molecular complexity index is 27.5. The van der Waals surface area contributed by atoms with Crippen molar-refractivity contribution in [3.8, 4) is 11.8 Å². The van der Waals surface area contributed by atoms with E-state index in [2.05, 4.69) is 18.0 Å². The van der Waals surface area contributed by atoms with E-state index in [1.54, 1.807) is 5.38 Å². The van der Waals surface area contributed by atoms with Crippen LogP contribution in [0.2, 0.25) is 0 Å². The van der Waals surface area contributed by atoms with Crippen molar-refractivity contribution < 1.29 is 0 Å². The van der Waals surface area contributed by atoms with Gasteiger partial charge in [0.05, 0.1) is 0 Å². The van der Waals surface area contributed by atoms with E-state index in [9.17, 15) is 0 Å². The summed E-state index contributed by atoms with van der Waals surface area (Å²) in [5, 5.41) is 1.72. The van der Waals surface area contributed by atoms with Gasteiger partial charge < -0.3 is 0 Å². The monoisotopic (exact) mass is 68.0 g/mol. The van der Waals surface area contributed by atoms with E-state index in [1.807, 2.05) is 0 Å². The Labute approximate surface area is 42.7 Å². The maximum atomic E-state index is 4.53. The molecular formula is C2H2ClLi. The van der Waals surface area contributed by atoms with Crippen LogP contribution in [0, 0.1) is 11.8 Å². The van der Waals surface area contributed by atoms with Gasteiger partial charge in [-0.1, -0.05) is 0 Å². The fourth-order valence-corrected chi connectivity index (χ4v) is 0. The first-order valence-corrected chi connectivity index (χ1v) is 0.856. The molecule has 0 rings (SSSR count). The Morgan fingerprint density at radius 1 is 1.75 bits per heavy atom. The molecule has 0 heterocycles. The van der Waals surface area contributed by atoms with Crippen LogP contribution in [-0.2, 0) is 0 Å². The summed E-state index contributed by atoms with van der Waals surface area (Å²) in [6, 6.07) is 0. The van der Waals surface area contributed by atoms with Gasteiger partial charge in [0.25, 0.3) is 0 Å². The summed E-state index contributed by atoms with van der Waals surface area (Å²) >= 11 is 4.53. The van der Waals surface area contributed by atoms with Gasteiger partial charge in [0.2, 0.25) is 0 Å². The van der Waals surface area contributed by atoms with E-state index < -0.39 is 0 Å². The van der Waals surface area contributed by atoms with Crippen LogP contribution in [0.25, 0.3) is 0 Å². The molecule has 0 fully saturated rings. The maximum absolute atomic E-state index is 4.53. The molecule has 0 nitrogen and oxygen atoms in total. The molecular weight excluding hydrogens is 66.4 g/mol. The molecule has 0 aromatic rings. The molecule has 0 aromatic carbocycles. The summed E-state index contributed by atoms with van der Waals surface area (Å²) < 4.78 is 0. The predicted octanol–water partition coefficient (Wildman–Crippen LogP) is 0.167. The molecule has 0 saturated carbocycles. The van der Waals surface area contributed by atoms with Gasteiger partial charge in [-0.2, -0.15) is 0 Å². The Balaban J connectivity index is 0. The third kappa shape index (κ3) is 25.6. The summed E-state index contributed by atoms with van der Waals surface area (Å²) in [5.41, 5.74) is 0. The molecule has 0 aliphatic rings. The topological polar surface area (TPSA) is 0 Å². The third-order valence-electron chi connectivity index (χ3n) is 0. The second-order valence-electron chi connectivity index (χ2n) is 0.109. The van der Waals surface area contributed by atoms with Gasteiger partial charge in [0, 0.05) is 5.38 Å². The normalized spacial score (nSPS) is 2.00. The molecule has 0 aromatic heterocycles. The van der Waals surface area contributed by atoms with Crippen molar-refractivity contribution in [3.63, 3.8) is 0 Å². The zero-order valence-corrected chi connectivity index (χ0v) is 2.21. The zero-order chi connectivity index (χ0) is 2.71. The van der Waals surface area contributed by atoms with Gasteiger partial charge in [-0.15, -0.1) is 6.42 Å². The Kier molecular flexibility index (Phi) is 21.7. The fourth-order valence-electron chi connectivity index (χ4n) is 0. The molecule has 0 bridgehead atoms. The van der Waals surface area contributed by atoms with Crippen molar-refractivity contribution in [3.05, 3.63) is 0 Å². The van der Waals surface area contributed by atoms with Crippen molar-refractivity contribution in [2.45, 2.75) is 0 Å². The molecule has 18 valence electrons. The average Bonchev–Trinajstić information content (AvgIpc) is 0.918. The quantitative estimate of drug-likeness (QED) is 0.280. The molecule has 0 unspecified atom stereocenters. The van der Waals surface area contributed by atoms with E-state index in [-0.39, 0.29) is 18.9 Å². The van der Waals surface area contributed by atoms with E-state index in [0.717, 1.165) is 0 Å². The van der Waals surface area contributed by atoms with Crippen LogP contribution in [-0.4, -0.2) is 18.9 Å². The molecule has 0 aliphatic carbocycles. The summed E-state index contributed by atoms with van der Waals surface area (Å²) in [5.74, 6) is 0. The van der Waals surface area contributed by atoms with Crippen molar-refractivity contribution in [2.24, 2.45) is 0 Å². The Morgan fingerprint density at radius 2 is 1.75 bits per heavy atom. The van der Waals surface area contributed by atoms with Gasteiger partial charge >= 0.3 is 18.9 Å². The van der Waals surface area contributed by atoms with Crippen LogP contribution in [0.3, 0.4) is 0 Å². The van der Waals surface area contributed by atoms with Crippen LogP contribution in [0.4, 0.5) is 0 Å². The van der Waals surface area contributed by atoms with Crippen molar-refractivity contribution in [1.82, 2.24) is 0 Å². The number of terminal acetylenes is 1. The molecule has 0 amide bonds. The molecule has 4 heavy (non-hydrogen) atoms. The van der Waals surface area contributed by atoms with Gasteiger partial charge in [-0.3, -0.25) is 0 Å². The first-order valence-electron chi connectivity index (χ1n) is 0.478. The second-order valence-corrected chi connectivity index (χ2v) is 0.327. The molecule has 0 atom stereocenters. The van der Waals surface area contributed by atoms with Crippen LogP contribution < -0.4 is 0 Å². The van der Waals surface area contributed by atoms with Crippen LogP contribution in [0.15, 0.2) is 0 Å². The fraction of sp³-hybridized carbons (Fsp3) is 0. The van der Waals surface area contributed by atoms with E-state index >= 15 is 0 Å². The van der Waals surface area contributed by atoms with Gasteiger partial charge in [-0.05, 0) is 11.6 Å². The number of hydrogen-bond acceptors (Lipinski definition) is 0. The predicted molar refractivity (Wildman–Crippen MR) is 21.8 cm³/mol. The summed E-state index contributed by atoms with van der Waals surface area (Å²) in [4.78, 5) is 0. The molecule has 0 spiro atoms. The first kappa shape index (κ1) is 8.82. The number of rotatable bonds is 0.